The second kappa shape index (κ2) is 4.90. The van der Waals surface area contributed by atoms with Crippen LogP contribution >= 0.6 is 23.2 Å². The molecule has 1 heterocycles. The Balaban J connectivity index is 2.43. The quantitative estimate of drug-likeness (QED) is 0.800. The van der Waals surface area contributed by atoms with E-state index in [4.69, 9.17) is 23.2 Å². The highest BCUT2D eigenvalue weighted by atomic mass is 35.5. The molecule has 5 heteroatoms. The summed E-state index contributed by atoms with van der Waals surface area (Å²) in [5.74, 6) is -0.208. The Bertz CT molecular complexity index is 543. The maximum absolute atomic E-state index is 12.2. The summed E-state index contributed by atoms with van der Waals surface area (Å²) in [5.41, 5.74) is 0.813. The third-order valence-electron chi connectivity index (χ3n) is 2.41. The minimum Gasteiger partial charge on any atom is -0.288 e. The third-order valence-corrected chi connectivity index (χ3v) is 3.04. The first-order valence-corrected chi connectivity index (χ1v) is 5.90. The molecule has 0 saturated heterocycles. The van der Waals surface area contributed by atoms with E-state index in [1.807, 2.05) is 6.92 Å². The summed E-state index contributed by atoms with van der Waals surface area (Å²) in [7, 11) is 0. The number of ketones is 1. The number of hydrogen-bond donors (Lipinski definition) is 0. The number of halogens is 2. The van der Waals surface area contributed by atoms with E-state index in [9.17, 15) is 4.79 Å². The summed E-state index contributed by atoms with van der Waals surface area (Å²) < 4.78 is 1.68. The predicted octanol–water partition coefficient (Wildman–Crippen LogP) is 3.44. The Morgan fingerprint density at radius 2 is 2.00 bits per heavy atom. The molecule has 0 aliphatic carbocycles. The van der Waals surface area contributed by atoms with E-state index in [0.29, 0.717) is 27.7 Å². The first-order chi connectivity index (χ1) is 8.13. The lowest BCUT2D eigenvalue weighted by Crippen LogP contribution is -2.02. The van der Waals surface area contributed by atoms with Gasteiger partial charge in [0.15, 0.2) is 5.78 Å². The summed E-state index contributed by atoms with van der Waals surface area (Å²) in [5, 5.41) is 4.76. The monoisotopic (exact) mass is 268 g/mol. The lowest BCUT2D eigenvalue weighted by Gasteiger charge is -2.03. The summed E-state index contributed by atoms with van der Waals surface area (Å²) in [6, 6.07) is 4.99. The number of benzene rings is 1. The lowest BCUT2D eigenvalue weighted by molar-refractivity contribution is 0.103. The first kappa shape index (κ1) is 12.1. The highest BCUT2D eigenvalue weighted by Gasteiger charge is 2.17. The fraction of sp³-hybridized carbons (Fsp3) is 0.167. The van der Waals surface area contributed by atoms with Crippen molar-refractivity contribution in [2.24, 2.45) is 0 Å². The number of aromatic nitrogens is 2. The van der Waals surface area contributed by atoms with E-state index in [1.54, 1.807) is 29.1 Å². The van der Waals surface area contributed by atoms with Crippen molar-refractivity contribution in [2.45, 2.75) is 13.5 Å². The van der Waals surface area contributed by atoms with E-state index in [2.05, 4.69) is 5.10 Å². The Kier molecular flexibility index (Phi) is 3.50. The van der Waals surface area contributed by atoms with Gasteiger partial charge in [-0.1, -0.05) is 29.3 Å². The number of nitrogens with zero attached hydrogens (tertiary/aromatic N) is 2. The summed E-state index contributed by atoms with van der Waals surface area (Å²) >= 11 is 12.0. The molecule has 0 radical (unpaired) electrons. The smallest absolute Gasteiger partial charge is 0.199 e. The molecule has 0 bridgehead atoms. The maximum atomic E-state index is 12.2. The van der Waals surface area contributed by atoms with Crippen molar-refractivity contribution in [3.05, 3.63) is 51.8 Å². The Morgan fingerprint density at radius 1 is 1.35 bits per heavy atom. The van der Waals surface area contributed by atoms with Crippen LogP contribution in [0.1, 0.15) is 22.8 Å². The van der Waals surface area contributed by atoms with Crippen molar-refractivity contribution in [1.29, 1.82) is 0 Å². The zero-order chi connectivity index (χ0) is 12.4. The second-order valence-corrected chi connectivity index (χ2v) is 4.32. The van der Waals surface area contributed by atoms with Gasteiger partial charge in [0.05, 0.1) is 27.4 Å². The van der Waals surface area contributed by atoms with Crippen molar-refractivity contribution in [3.63, 3.8) is 0 Å². The molecule has 0 atom stereocenters. The van der Waals surface area contributed by atoms with Crippen LogP contribution in [0, 0.1) is 0 Å². The fourth-order valence-electron chi connectivity index (χ4n) is 1.51. The van der Waals surface area contributed by atoms with Gasteiger partial charge < -0.3 is 0 Å². The van der Waals surface area contributed by atoms with Crippen molar-refractivity contribution < 1.29 is 4.79 Å². The third kappa shape index (κ3) is 2.35. The number of rotatable bonds is 3. The van der Waals surface area contributed by atoms with E-state index in [1.165, 1.54) is 6.20 Å². The number of carbonyl (C=O) groups excluding carboxylic acids is 1. The summed E-state index contributed by atoms with van der Waals surface area (Å²) in [4.78, 5) is 12.2. The normalized spacial score (nSPS) is 10.5. The van der Waals surface area contributed by atoms with E-state index >= 15 is 0 Å². The number of aryl methyl sites for hydroxylation is 1. The number of carbonyl (C=O) groups is 1. The summed E-state index contributed by atoms with van der Waals surface area (Å²) in [6.07, 6.45) is 3.20. The molecule has 0 aliphatic heterocycles. The van der Waals surface area contributed by atoms with Crippen LogP contribution in [-0.4, -0.2) is 15.6 Å². The molecule has 0 fully saturated rings. The molecule has 2 aromatic rings. The molecule has 1 aromatic carbocycles. The van der Waals surface area contributed by atoms with Crippen LogP contribution in [0.5, 0.6) is 0 Å². The van der Waals surface area contributed by atoms with Crippen LogP contribution < -0.4 is 0 Å². The van der Waals surface area contributed by atoms with Gasteiger partial charge in [0.25, 0.3) is 0 Å². The fourth-order valence-corrected chi connectivity index (χ4v) is 2.08. The standard InChI is InChI=1S/C12H10Cl2N2O/c1-2-16-7-8(6-15-16)12(17)11-9(13)4-3-5-10(11)14/h3-7H,2H2,1H3. The van der Waals surface area contributed by atoms with Gasteiger partial charge in [-0.05, 0) is 19.1 Å². The Morgan fingerprint density at radius 3 is 2.53 bits per heavy atom. The van der Waals surface area contributed by atoms with Crippen molar-refractivity contribution in [3.8, 4) is 0 Å². The topological polar surface area (TPSA) is 34.9 Å². The zero-order valence-corrected chi connectivity index (χ0v) is 10.7. The van der Waals surface area contributed by atoms with Crippen LogP contribution in [0.2, 0.25) is 10.0 Å². The van der Waals surface area contributed by atoms with Gasteiger partial charge in [0, 0.05) is 12.7 Å². The molecule has 3 nitrogen and oxygen atoms in total. The van der Waals surface area contributed by atoms with E-state index in [0.717, 1.165) is 0 Å². The lowest BCUT2D eigenvalue weighted by atomic mass is 10.1. The molecular weight excluding hydrogens is 259 g/mol. The Labute approximate surface area is 109 Å². The van der Waals surface area contributed by atoms with Crippen molar-refractivity contribution >= 4 is 29.0 Å². The van der Waals surface area contributed by atoms with E-state index in [-0.39, 0.29) is 5.78 Å². The van der Waals surface area contributed by atoms with Crippen LogP contribution in [0.25, 0.3) is 0 Å². The molecule has 17 heavy (non-hydrogen) atoms. The van der Waals surface area contributed by atoms with Crippen LogP contribution in [-0.2, 0) is 6.54 Å². The summed E-state index contributed by atoms with van der Waals surface area (Å²) in [6.45, 7) is 2.66. The molecular formula is C12H10Cl2N2O. The van der Waals surface area contributed by atoms with Gasteiger partial charge >= 0.3 is 0 Å². The SMILES string of the molecule is CCn1cc(C(=O)c2c(Cl)cccc2Cl)cn1. The second-order valence-electron chi connectivity index (χ2n) is 3.51. The molecule has 1 aromatic heterocycles. The van der Waals surface area contributed by atoms with Crippen LogP contribution in [0.3, 0.4) is 0 Å². The van der Waals surface area contributed by atoms with Gasteiger partial charge in [0.2, 0.25) is 0 Å². The van der Waals surface area contributed by atoms with Crippen LogP contribution in [0.15, 0.2) is 30.6 Å². The molecule has 2 rings (SSSR count). The molecule has 0 saturated carbocycles. The van der Waals surface area contributed by atoms with Gasteiger partial charge in [-0.15, -0.1) is 0 Å². The van der Waals surface area contributed by atoms with E-state index < -0.39 is 0 Å². The van der Waals surface area contributed by atoms with Crippen molar-refractivity contribution in [1.82, 2.24) is 9.78 Å². The van der Waals surface area contributed by atoms with Crippen molar-refractivity contribution in [2.75, 3.05) is 0 Å². The molecule has 0 spiro atoms. The predicted molar refractivity (Wildman–Crippen MR) is 67.8 cm³/mol. The average molecular weight is 269 g/mol. The minimum atomic E-state index is -0.208. The molecule has 0 aliphatic rings. The highest BCUT2D eigenvalue weighted by Crippen LogP contribution is 2.26. The minimum absolute atomic E-state index is 0.208. The largest absolute Gasteiger partial charge is 0.288 e. The zero-order valence-electron chi connectivity index (χ0n) is 9.15. The number of hydrogen-bond acceptors (Lipinski definition) is 2. The maximum Gasteiger partial charge on any atom is 0.199 e. The van der Waals surface area contributed by atoms with Gasteiger partial charge in [0.1, 0.15) is 0 Å². The van der Waals surface area contributed by atoms with Gasteiger partial charge in [-0.3, -0.25) is 9.48 Å². The average Bonchev–Trinajstić information content (AvgIpc) is 2.77. The van der Waals surface area contributed by atoms with Crippen LogP contribution in [0.4, 0.5) is 0 Å². The molecule has 0 unspecified atom stereocenters. The molecule has 88 valence electrons. The Hall–Kier alpha value is -1.32. The highest BCUT2D eigenvalue weighted by molar-refractivity contribution is 6.40. The molecule has 0 N–H and O–H groups in total. The van der Waals surface area contributed by atoms with Gasteiger partial charge in [-0.25, -0.2) is 0 Å². The van der Waals surface area contributed by atoms with Gasteiger partial charge in [-0.2, -0.15) is 5.10 Å². The first-order valence-electron chi connectivity index (χ1n) is 5.14. The molecule has 0 amide bonds.